The van der Waals surface area contributed by atoms with E-state index in [0.717, 1.165) is 32.4 Å². The highest BCUT2D eigenvalue weighted by Gasteiger charge is 2.17. The van der Waals surface area contributed by atoms with Crippen LogP contribution in [0.1, 0.15) is 34.9 Å². The quantitative estimate of drug-likeness (QED) is 0.688. The fourth-order valence-electron chi connectivity index (χ4n) is 3.03. The molecule has 0 aliphatic carbocycles. The third-order valence-electron chi connectivity index (χ3n) is 4.47. The minimum atomic E-state index is -0.328. The molecular formula is C19H25N5O2. The fraction of sp³-hybridized carbons (Fsp3) is 0.421. The zero-order chi connectivity index (χ0) is 18.2. The summed E-state index contributed by atoms with van der Waals surface area (Å²) in [7, 11) is 0. The van der Waals surface area contributed by atoms with Gasteiger partial charge in [0.1, 0.15) is 5.69 Å². The Balaban J connectivity index is 1.39. The molecule has 1 unspecified atom stereocenters. The van der Waals surface area contributed by atoms with Gasteiger partial charge in [0.15, 0.2) is 0 Å². The predicted octanol–water partition coefficient (Wildman–Crippen LogP) is 0.896. The lowest BCUT2D eigenvalue weighted by Crippen LogP contribution is -2.38. The van der Waals surface area contributed by atoms with Crippen molar-refractivity contribution in [3.8, 4) is 0 Å². The van der Waals surface area contributed by atoms with Crippen molar-refractivity contribution < 1.29 is 9.59 Å². The molecule has 3 rings (SSSR count). The van der Waals surface area contributed by atoms with Crippen LogP contribution in [0, 0.1) is 0 Å². The largest absolute Gasteiger partial charge is 0.354 e. The van der Waals surface area contributed by atoms with E-state index in [4.69, 9.17) is 0 Å². The molecule has 7 nitrogen and oxygen atoms in total. The van der Waals surface area contributed by atoms with Crippen molar-refractivity contribution in [1.82, 2.24) is 25.7 Å². The number of nitrogens with one attached hydrogen (secondary N) is 3. The molecule has 1 atom stereocenters. The molecule has 1 aliphatic rings. The van der Waals surface area contributed by atoms with Gasteiger partial charge in [-0.15, -0.1) is 0 Å². The highest BCUT2D eigenvalue weighted by molar-refractivity contribution is 5.94. The second kappa shape index (κ2) is 9.15. The van der Waals surface area contributed by atoms with Crippen molar-refractivity contribution in [1.29, 1.82) is 0 Å². The molecule has 2 amide bonds. The van der Waals surface area contributed by atoms with Gasteiger partial charge >= 0.3 is 0 Å². The molecule has 2 aromatic rings. The standard InChI is InChI=1S/C19H25N5O2/c25-18(21-11-8-15-5-2-1-3-6-15)14-22-19(26)17-9-12-24(23-17)16-7-4-10-20-13-16/h1-3,5-6,9,12,16,20H,4,7-8,10-11,13-14H2,(H,21,25)(H,22,26). The molecule has 7 heteroatoms. The maximum absolute atomic E-state index is 12.2. The Morgan fingerprint density at radius 3 is 2.81 bits per heavy atom. The van der Waals surface area contributed by atoms with Gasteiger partial charge in [0.25, 0.3) is 5.91 Å². The molecule has 0 saturated carbocycles. The van der Waals surface area contributed by atoms with E-state index in [1.807, 2.05) is 41.2 Å². The normalized spacial score (nSPS) is 16.8. The number of piperidine rings is 1. The second-order valence-electron chi connectivity index (χ2n) is 6.45. The number of rotatable bonds is 7. The SMILES string of the molecule is O=C(CNC(=O)c1ccn(C2CCCNC2)n1)NCCc1ccccc1. The van der Waals surface area contributed by atoms with Gasteiger partial charge in [-0.05, 0) is 37.4 Å². The fourth-order valence-corrected chi connectivity index (χ4v) is 3.03. The Bertz CT molecular complexity index is 723. The van der Waals surface area contributed by atoms with Crippen molar-refractivity contribution in [2.75, 3.05) is 26.2 Å². The van der Waals surface area contributed by atoms with E-state index >= 15 is 0 Å². The average molecular weight is 355 g/mol. The second-order valence-corrected chi connectivity index (χ2v) is 6.45. The van der Waals surface area contributed by atoms with Crippen LogP contribution < -0.4 is 16.0 Å². The van der Waals surface area contributed by atoms with Crippen LogP contribution in [0.4, 0.5) is 0 Å². The van der Waals surface area contributed by atoms with E-state index in [-0.39, 0.29) is 24.4 Å². The van der Waals surface area contributed by atoms with Crippen LogP contribution in [0.2, 0.25) is 0 Å². The van der Waals surface area contributed by atoms with Crippen LogP contribution in [-0.2, 0) is 11.2 Å². The lowest BCUT2D eigenvalue weighted by Gasteiger charge is -2.22. The molecule has 1 aliphatic heterocycles. The van der Waals surface area contributed by atoms with E-state index in [9.17, 15) is 9.59 Å². The number of aromatic nitrogens is 2. The Hall–Kier alpha value is -2.67. The molecule has 0 radical (unpaired) electrons. The van der Waals surface area contributed by atoms with Crippen LogP contribution in [0.25, 0.3) is 0 Å². The average Bonchev–Trinajstić information content (AvgIpc) is 3.18. The summed E-state index contributed by atoms with van der Waals surface area (Å²) in [5.41, 5.74) is 1.51. The van der Waals surface area contributed by atoms with Gasteiger partial charge in [-0.3, -0.25) is 14.3 Å². The van der Waals surface area contributed by atoms with Crippen molar-refractivity contribution >= 4 is 11.8 Å². The van der Waals surface area contributed by atoms with E-state index in [0.29, 0.717) is 12.2 Å². The smallest absolute Gasteiger partial charge is 0.272 e. The highest BCUT2D eigenvalue weighted by atomic mass is 16.2. The summed E-state index contributed by atoms with van der Waals surface area (Å²) >= 11 is 0. The van der Waals surface area contributed by atoms with E-state index in [2.05, 4.69) is 21.0 Å². The first kappa shape index (κ1) is 18.1. The lowest BCUT2D eigenvalue weighted by molar-refractivity contribution is -0.120. The van der Waals surface area contributed by atoms with Gasteiger partial charge in [0.2, 0.25) is 5.91 Å². The number of hydrogen-bond acceptors (Lipinski definition) is 4. The number of amides is 2. The first-order valence-electron chi connectivity index (χ1n) is 9.07. The zero-order valence-corrected chi connectivity index (χ0v) is 14.8. The van der Waals surface area contributed by atoms with Crippen molar-refractivity contribution in [3.63, 3.8) is 0 Å². The Morgan fingerprint density at radius 1 is 1.19 bits per heavy atom. The molecule has 26 heavy (non-hydrogen) atoms. The third-order valence-corrected chi connectivity index (χ3v) is 4.47. The Kier molecular flexibility index (Phi) is 6.38. The summed E-state index contributed by atoms with van der Waals surface area (Å²) in [6.07, 6.45) is 4.75. The molecule has 3 N–H and O–H groups in total. The lowest BCUT2D eigenvalue weighted by atomic mass is 10.1. The number of nitrogens with zero attached hydrogens (tertiary/aromatic N) is 2. The molecular weight excluding hydrogens is 330 g/mol. The zero-order valence-electron chi connectivity index (χ0n) is 14.8. The van der Waals surface area contributed by atoms with Gasteiger partial charge in [-0.25, -0.2) is 0 Å². The maximum atomic E-state index is 12.2. The monoisotopic (exact) mass is 355 g/mol. The van der Waals surface area contributed by atoms with Crippen LogP contribution in [0.15, 0.2) is 42.6 Å². The summed E-state index contributed by atoms with van der Waals surface area (Å²) in [6, 6.07) is 11.9. The molecule has 1 saturated heterocycles. The van der Waals surface area contributed by atoms with Crippen molar-refractivity contribution in [2.45, 2.75) is 25.3 Å². The molecule has 1 aromatic carbocycles. The molecule has 2 heterocycles. The molecule has 0 bridgehead atoms. The van der Waals surface area contributed by atoms with E-state index < -0.39 is 0 Å². The summed E-state index contributed by atoms with van der Waals surface area (Å²) in [6.45, 7) is 2.39. The van der Waals surface area contributed by atoms with Crippen molar-refractivity contribution in [3.05, 3.63) is 53.9 Å². The van der Waals surface area contributed by atoms with Gasteiger partial charge in [-0.1, -0.05) is 30.3 Å². The highest BCUT2D eigenvalue weighted by Crippen LogP contribution is 2.15. The van der Waals surface area contributed by atoms with Gasteiger partial charge in [-0.2, -0.15) is 5.10 Å². The predicted molar refractivity (Wildman–Crippen MR) is 98.9 cm³/mol. The number of benzene rings is 1. The van der Waals surface area contributed by atoms with Crippen LogP contribution in [0.5, 0.6) is 0 Å². The van der Waals surface area contributed by atoms with E-state index in [1.165, 1.54) is 5.56 Å². The van der Waals surface area contributed by atoms with Gasteiger partial charge in [0, 0.05) is 19.3 Å². The van der Waals surface area contributed by atoms with Crippen LogP contribution >= 0.6 is 0 Å². The Morgan fingerprint density at radius 2 is 2.04 bits per heavy atom. The molecule has 0 spiro atoms. The number of hydrogen-bond donors (Lipinski definition) is 3. The molecule has 1 aromatic heterocycles. The first-order valence-corrected chi connectivity index (χ1v) is 9.07. The third kappa shape index (κ3) is 5.16. The summed E-state index contributed by atoms with van der Waals surface area (Å²) in [5.74, 6) is -0.532. The summed E-state index contributed by atoms with van der Waals surface area (Å²) in [5, 5.41) is 13.1. The van der Waals surface area contributed by atoms with Gasteiger partial charge < -0.3 is 16.0 Å². The molecule has 1 fully saturated rings. The van der Waals surface area contributed by atoms with Crippen LogP contribution in [-0.4, -0.2) is 47.8 Å². The van der Waals surface area contributed by atoms with Crippen molar-refractivity contribution in [2.24, 2.45) is 0 Å². The topological polar surface area (TPSA) is 88.1 Å². The minimum absolute atomic E-state index is 0.0501. The number of carbonyl (C=O) groups excluding carboxylic acids is 2. The minimum Gasteiger partial charge on any atom is -0.354 e. The van der Waals surface area contributed by atoms with E-state index in [1.54, 1.807) is 6.07 Å². The summed E-state index contributed by atoms with van der Waals surface area (Å²) in [4.78, 5) is 24.0. The maximum Gasteiger partial charge on any atom is 0.272 e. The Labute approximate surface area is 153 Å². The van der Waals surface area contributed by atoms with Gasteiger partial charge in [0.05, 0.1) is 12.6 Å². The first-order chi connectivity index (χ1) is 12.7. The number of carbonyl (C=O) groups is 2. The molecule has 138 valence electrons. The van der Waals surface area contributed by atoms with Crippen LogP contribution in [0.3, 0.4) is 0 Å². The summed E-state index contributed by atoms with van der Waals surface area (Å²) < 4.78 is 1.83.